The zero-order valence-electron chi connectivity index (χ0n) is 34.3. The molecular formula is C52H49GeIrN3O-2. The van der Waals surface area contributed by atoms with Crippen molar-refractivity contribution in [3.8, 4) is 28.3 Å². The first-order chi connectivity index (χ1) is 27.6. The molecule has 3 heterocycles. The van der Waals surface area contributed by atoms with Crippen molar-refractivity contribution >= 4 is 50.6 Å². The zero-order chi connectivity index (χ0) is 39.7. The van der Waals surface area contributed by atoms with Gasteiger partial charge in [-0.3, -0.25) is 4.98 Å². The van der Waals surface area contributed by atoms with Gasteiger partial charge in [-0.05, 0) is 41.2 Å². The molecule has 0 N–H and O–H groups in total. The fraction of sp³-hybridized carbons (Fsp3) is 0.192. The van der Waals surface area contributed by atoms with E-state index in [2.05, 4.69) is 165 Å². The smallest absolute Gasteiger partial charge is 0 e. The summed E-state index contributed by atoms with van der Waals surface area (Å²) >= 11 is -1.96. The van der Waals surface area contributed by atoms with E-state index in [0.29, 0.717) is 11.8 Å². The van der Waals surface area contributed by atoms with Crippen LogP contribution in [0.25, 0.3) is 61.3 Å². The van der Waals surface area contributed by atoms with Crippen molar-refractivity contribution in [2.24, 2.45) is 0 Å². The van der Waals surface area contributed by atoms with Crippen LogP contribution in [-0.4, -0.2) is 27.8 Å². The Morgan fingerprint density at radius 3 is 2.09 bits per heavy atom. The summed E-state index contributed by atoms with van der Waals surface area (Å²) < 4.78 is 10.2. The van der Waals surface area contributed by atoms with Crippen LogP contribution in [-0.2, 0) is 26.5 Å². The first-order valence-electron chi connectivity index (χ1n) is 20.0. The summed E-state index contributed by atoms with van der Waals surface area (Å²) in [6, 6.07) is 55.1. The molecule has 9 rings (SSSR count). The van der Waals surface area contributed by atoms with E-state index < -0.39 is 13.3 Å². The Labute approximate surface area is 359 Å². The third-order valence-electron chi connectivity index (χ3n) is 10.7. The Morgan fingerprint density at radius 1 is 0.690 bits per heavy atom. The topological polar surface area (TPSA) is 43.9 Å². The van der Waals surface area contributed by atoms with E-state index in [0.717, 1.165) is 62.0 Å². The zero-order valence-corrected chi connectivity index (χ0v) is 38.8. The van der Waals surface area contributed by atoms with Crippen LogP contribution in [0.1, 0.15) is 61.8 Å². The van der Waals surface area contributed by atoms with Gasteiger partial charge in [-0.25, -0.2) is 0 Å². The molecule has 6 heteroatoms. The molecule has 0 aliphatic carbocycles. The van der Waals surface area contributed by atoms with Gasteiger partial charge in [0.15, 0.2) is 0 Å². The average molecular weight is 997 g/mol. The van der Waals surface area contributed by atoms with Crippen LogP contribution in [0.4, 0.5) is 0 Å². The molecule has 6 aromatic carbocycles. The van der Waals surface area contributed by atoms with Crippen LogP contribution in [0.5, 0.6) is 0 Å². The number of hydrogen-bond acceptors (Lipinski definition) is 3. The predicted octanol–water partition coefficient (Wildman–Crippen LogP) is 13.3. The van der Waals surface area contributed by atoms with Gasteiger partial charge in [-0.15, -0.1) is 18.2 Å². The number of benzene rings is 6. The number of para-hydroxylation sites is 4. The summed E-state index contributed by atoms with van der Waals surface area (Å²) in [6.07, 6.45) is 3.09. The molecule has 0 amide bonds. The van der Waals surface area contributed by atoms with E-state index in [9.17, 15) is 0 Å². The monoisotopic (exact) mass is 998 g/mol. The van der Waals surface area contributed by atoms with E-state index >= 15 is 0 Å². The van der Waals surface area contributed by atoms with Crippen molar-refractivity contribution in [3.05, 3.63) is 180 Å². The summed E-state index contributed by atoms with van der Waals surface area (Å²) in [4.78, 5) is 9.89. The van der Waals surface area contributed by atoms with Gasteiger partial charge in [-0.2, -0.15) is 0 Å². The molecule has 4 nitrogen and oxygen atoms in total. The van der Waals surface area contributed by atoms with Gasteiger partial charge in [0.1, 0.15) is 5.58 Å². The van der Waals surface area contributed by atoms with Gasteiger partial charge < -0.3 is 8.98 Å². The number of furan rings is 1. The van der Waals surface area contributed by atoms with Crippen LogP contribution in [0.15, 0.2) is 150 Å². The van der Waals surface area contributed by atoms with E-state index in [1.807, 2.05) is 42.5 Å². The molecule has 0 aliphatic heterocycles. The molecule has 1 radical (unpaired) electrons. The first kappa shape index (κ1) is 41.1. The van der Waals surface area contributed by atoms with Gasteiger partial charge in [0, 0.05) is 31.2 Å². The average Bonchev–Trinajstić information content (AvgIpc) is 3.80. The van der Waals surface area contributed by atoms with Crippen molar-refractivity contribution in [1.29, 1.82) is 0 Å². The molecule has 9 aromatic rings. The minimum absolute atomic E-state index is 0. The number of imidazole rings is 1. The maximum Gasteiger partial charge on any atom is 0 e. The van der Waals surface area contributed by atoms with Crippen molar-refractivity contribution in [2.45, 2.75) is 63.2 Å². The Hall–Kier alpha value is -5.07. The number of rotatable bonds is 8. The van der Waals surface area contributed by atoms with Crippen LogP contribution >= 0.6 is 0 Å². The molecule has 0 saturated heterocycles. The third-order valence-corrected chi connectivity index (χ3v) is 15.0. The van der Waals surface area contributed by atoms with Gasteiger partial charge >= 0.3 is 142 Å². The summed E-state index contributed by atoms with van der Waals surface area (Å²) in [5.74, 6) is 8.89. The molecule has 0 atom stereocenters. The molecule has 0 fully saturated rings. The summed E-state index contributed by atoms with van der Waals surface area (Å²) in [6.45, 7) is 9.03. The van der Waals surface area contributed by atoms with Gasteiger partial charge in [0.05, 0.1) is 22.4 Å². The molecule has 58 heavy (non-hydrogen) atoms. The second kappa shape index (κ2) is 17.4. The standard InChI is InChI=1S/C31H27N2O.C21H22GeN.Ir/c1-19(2)21-12-9-13-22(20(3)4)29(21)33-27-17-7-6-16-26(27)32-31(33)25-15-10-14-24-23-11-5-8-18-28(23)34-30(24)25;1-22(2,3)20-16-23-21(18-12-8-5-9-13-18)15-19(20)14-17-10-6-4-7-11-17;/h5-14,16-20H,1-4H3;4-12,15-16H,14H2,1-3H3;/q2*-1;. The van der Waals surface area contributed by atoms with Crippen molar-refractivity contribution < 1.29 is 24.5 Å². The van der Waals surface area contributed by atoms with Crippen LogP contribution < -0.4 is 4.40 Å². The third kappa shape index (κ3) is 8.27. The van der Waals surface area contributed by atoms with Gasteiger partial charge in [-0.1, -0.05) is 87.2 Å². The molecule has 0 aliphatic rings. The summed E-state index contributed by atoms with van der Waals surface area (Å²) in [7, 11) is 0. The van der Waals surface area contributed by atoms with E-state index in [4.69, 9.17) is 14.4 Å². The van der Waals surface area contributed by atoms with Crippen molar-refractivity contribution in [1.82, 2.24) is 14.5 Å². The minimum Gasteiger partial charge on any atom is 0 e. The Bertz CT molecular complexity index is 2790. The maximum absolute atomic E-state index is 6.40. The minimum atomic E-state index is -1.96. The number of pyridine rings is 1. The van der Waals surface area contributed by atoms with Gasteiger partial charge in [0.25, 0.3) is 0 Å². The normalized spacial score (nSPS) is 11.6. The van der Waals surface area contributed by atoms with Gasteiger partial charge in [0.2, 0.25) is 0 Å². The molecule has 0 unspecified atom stereocenters. The van der Waals surface area contributed by atoms with Crippen LogP contribution in [0, 0.1) is 12.1 Å². The van der Waals surface area contributed by atoms with Crippen molar-refractivity contribution in [2.75, 3.05) is 0 Å². The maximum atomic E-state index is 6.40. The Kier molecular flexibility index (Phi) is 12.3. The molecule has 0 bridgehead atoms. The second-order valence-corrected chi connectivity index (χ2v) is 27.0. The molecular weight excluding hydrogens is 947 g/mol. The van der Waals surface area contributed by atoms with E-state index in [-0.39, 0.29) is 20.1 Å². The number of nitrogens with zero attached hydrogens (tertiary/aromatic N) is 3. The number of aromatic nitrogens is 3. The molecule has 293 valence electrons. The number of fused-ring (bicyclic) bond motifs is 4. The van der Waals surface area contributed by atoms with Crippen LogP contribution in [0.2, 0.25) is 17.3 Å². The van der Waals surface area contributed by atoms with Crippen molar-refractivity contribution in [3.63, 3.8) is 0 Å². The number of hydrogen-bond donors (Lipinski definition) is 0. The fourth-order valence-corrected chi connectivity index (χ4v) is 11.2. The Balaban J connectivity index is 0.000000187. The first-order valence-corrected chi connectivity index (χ1v) is 27.4. The predicted molar refractivity (Wildman–Crippen MR) is 242 cm³/mol. The van der Waals surface area contributed by atoms with E-state index in [1.165, 1.54) is 32.3 Å². The van der Waals surface area contributed by atoms with Crippen LogP contribution in [0.3, 0.4) is 0 Å². The molecule has 0 spiro atoms. The second-order valence-electron chi connectivity index (χ2n) is 16.5. The molecule has 0 saturated carbocycles. The largest absolute Gasteiger partial charge is 0 e. The molecule has 3 aromatic heterocycles. The summed E-state index contributed by atoms with van der Waals surface area (Å²) in [5.41, 5.74) is 13.4. The quantitative estimate of drug-likeness (QED) is 0.113. The summed E-state index contributed by atoms with van der Waals surface area (Å²) in [5, 5.41) is 2.20. The Morgan fingerprint density at radius 2 is 1.38 bits per heavy atom. The SMILES string of the molecule is CC(C)c1cccc(C(C)C)c1-n1c(-c2[c-]ccc3c2oc2ccccc23)nc2ccccc21.[CH3][Ge]([CH3])([CH3])[c]1cnc(-c2[c-]cccc2)cc1Cc1ccccc1.[Ir]. The van der Waals surface area contributed by atoms with E-state index in [1.54, 1.807) is 0 Å². The fourth-order valence-electron chi connectivity index (χ4n) is 7.88.